The molecule has 1 N–H and O–H groups in total. The van der Waals surface area contributed by atoms with E-state index in [9.17, 15) is 0 Å². The lowest BCUT2D eigenvalue weighted by Gasteiger charge is -2.28. The van der Waals surface area contributed by atoms with E-state index in [1.54, 1.807) is 0 Å². The van der Waals surface area contributed by atoms with Crippen LogP contribution >= 0.6 is 0 Å². The Hall–Kier alpha value is -0.0400. The predicted octanol–water partition coefficient (Wildman–Crippen LogP) is 3.98. The van der Waals surface area contributed by atoms with Gasteiger partial charge >= 0.3 is 0 Å². The standard InChI is InChI=1S/C14H29N/c1-12(15-11-14(2,3)4)13-9-7-5-6-8-10-13/h12-13,15H,5-11H2,1-4H3/t12-/m1/s1. The van der Waals surface area contributed by atoms with Crippen LogP contribution in [-0.2, 0) is 0 Å². The van der Waals surface area contributed by atoms with Crippen molar-refractivity contribution < 1.29 is 0 Å². The molecule has 15 heavy (non-hydrogen) atoms. The lowest BCUT2D eigenvalue weighted by molar-refractivity contribution is 0.289. The predicted molar refractivity (Wildman–Crippen MR) is 68.1 cm³/mol. The van der Waals surface area contributed by atoms with Gasteiger partial charge in [-0.25, -0.2) is 0 Å². The maximum Gasteiger partial charge on any atom is 0.00672 e. The van der Waals surface area contributed by atoms with Crippen LogP contribution < -0.4 is 5.32 Å². The summed E-state index contributed by atoms with van der Waals surface area (Å²) in [6.07, 6.45) is 8.71. The molecule has 0 unspecified atom stereocenters. The molecule has 1 nitrogen and oxygen atoms in total. The third-order valence-electron chi connectivity index (χ3n) is 3.56. The normalized spacial score (nSPS) is 22.4. The van der Waals surface area contributed by atoms with Crippen LogP contribution in [0, 0.1) is 11.3 Å². The third-order valence-corrected chi connectivity index (χ3v) is 3.56. The van der Waals surface area contributed by atoms with E-state index in [1.807, 2.05) is 0 Å². The van der Waals surface area contributed by atoms with Crippen LogP contribution in [0.4, 0.5) is 0 Å². The summed E-state index contributed by atoms with van der Waals surface area (Å²) in [7, 11) is 0. The Balaban J connectivity index is 2.28. The van der Waals surface area contributed by atoms with E-state index in [2.05, 4.69) is 33.0 Å². The molecule has 0 amide bonds. The van der Waals surface area contributed by atoms with Gasteiger partial charge in [0.1, 0.15) is 0 Å². The van der Waals surface area contributed by atoms with Gasteiger partial charge in [-0.2, -0.15) is 0 Å². The average Bonchev–Trinajstić information content (AvgIpc) is 2.41. The quantitative estimate of drug-likeness (QED) is 0.696. The minimum Gasteiger partial charge on any atom is -0.313 e. The van der Waals surface area contributed by atoms with Gasteiger partial charge in [0.2, 0.25) is 0 Å². The molecule has 0 aromatic heterocycles. The summed E-state index contributed by atoms with van der Waals surface area (Å²) in [6, 6.07) is 0.710. The second kappa shape index (κ2) is 5.89. The highest BCUT2D eigenvalue weighted by Crippen LogP contribution is 2.25. The van der Waals surface area contributed by atoms with E-state index >= 15 is 0 Å². The molecule has 0 aliphatic heterocycles. The molecule has 1 saturated carbocycles. The molecule has 0 heterocycles. The van der Waals surface area contributed by atoms with Crippen molar-refractivity contribution in [2.24, 2.45) is 11.3 Å². The van der Waals surface area contributed by atoms with E-state index in [-0.39, 0.29) is 0 Å². The Morgan fingerprint density at radius 3 is 2.07 bits per heavy atom. The zero-order chi connectivity index (χ0) is 11.3. The van der Waals surface area contributed by atoms with Gasteiger partial charge in [-0.05, 0) is 31.1 Å². The summed E-state index contributed by atoms with van der Waals surface area (Å²) in [6.45, 7) is 10.4. The molecule has 0 radical (unpaired) electrons. The Bertz CT molecular complexity index is 161. The van der Waals surface area contributed by atoms with E-state index in [0.29, 0.717) is 11.5 Å². The maximum absolute atomic E-state index is 3.72. The molecular formula is C14H29N. The zero-order valence-corrected chi connectivity index (χ0v) is 11.1. The molecule has 0 spiro atoms. The van der Waals surface area contributed by atoms with Crippen LogP contribution in [0.2, 0.25) is 0 Å². The molecule has 1 heteroatoms. The molecule has 1 fully saturated rings. The van der Waals surface area contributed by atoms with Crippen molar-refractivity contribution in [2.45, 2.75) is 72.3 Å². The first-order valence-electron chi connectivity index (χ1n) is 6.72. The lowest BCUT2D eigenvalue weighted by Crippen LogP contribution is -2.38. The fourth-order valence-corrected chi connectivity index (χ4v) is 2.44. The van der Waals surface area contributed by atoms with Crippen LogP contribution in [0.25, 0.3) is 0 Å². The van der Waals surface area contributed by atoms with Gasteiger partial charge in [0, 0.05) is 12.6 Å². The highest BCUT2D eigenvalue weighted by Gasteiger charge is 2.20. The highest BCUT2D eigenvalue weighted by molar-refractivity contribution is 4.77. The second-order valence-corrected chi connectivity index (χ2v) is 6.48. The fourth-order valence-electron chi connectivity index (χ4n) is 2.44. The van der Waals surface area contributed by atoms with E-state index in [0.717, 1.165) is 12.5 Å². The van der Waals surface area contributed by atoms with Gasteiger partial charge in [0.15, 0.2) is 0 Å². The highest BCUT2D eigenvalue weighted by atomic mass is 14.9. The SMILES string of the molecule is C[C@@H](NCC(C)(C)C)C1CCCCCC1. The Labute approximate surface area is 96.0 Å². The summed E-state index contributed by atoms with van der Waals surface area (Å²) < 4.78 is 0. The first-order valence-corrected chi connectivity index (χ1v) is 6.72. The number of nitrogens with one attached hydrogen (secondary N) is 1. The summed E-state index contributed by atoms with van der Waals surface area (Å²) >= 11 is 0. The first kappa shape index (κ1) is 13.0. The van der Waals surface area contributed by atoms with Crippen molar-refractivity contribution in [3.05, 3.63) is 0 Å². The van der Waals surface area contributed by atoms with Gasteiger partial charge in [-0.1, -0.05) is 46.5 Å². The van der Waals surface area contributed by atoms with Crippen molar-refractivity contribution >= 4 is 0 Å². The largest absolute Gasteiger partial charge is 0.313 e. The summed E-state index contributed by atoms with van der Waals surface area (Å²) in [4.78, 5) is 0. The van der Waals surface area contributed by atoms with Crippen molar-refractivity contribution in [1.29, 1.82) is 0 Å². The summed E-state index contributed by atoms with van der Waals surface area (Å²) in [5.74, 6) is 0.926. The minimum absolute atomic E-state index is 0.416. The van der Waals surface area contributed by atoms with Crippen molar-refractivity contribution in [3.63, 3.8) is 0 Å². The first-order chi connectivity index (χ1) is 6.99. The zero-order valence-electron chi connectivity index (χ0n) is 11.1. The number of hydrogen-bond donors (Lipinski definition) is 1. The van der Waals surface area contributed by atoms with E-state index in [1.165, 1.54) is 38.5 Å². The smallest absolute Gasteiger partial charge is 0.00672 e. The minimum atomic E-state index is 0.416. The van der Waals surface area contributed by atoms with Crippen LogP contribution in [0.5, 0.6) is 0 Å². The Kier molecular flexibility index (Phi) is 5.11. The third kappa shape index (κ3) is 5.55. The van der Waals surface area contributed by atoms with Crippen molar-refractivity contribution in [1.82, 2.24) is 5.32 Å². The molecule has 1 atom stereocenters. The van der Waals surface area contributed by atoms with E-state index < -0.39 is 0 Å². The molecule has 0 saturated heterocycles. The molecule has 90 valence electrons. The average molecular weight is 211 g/mol. The van der Waals surface area contributed by atoms with Crippen LogP contribution in [-0.4, -0.2) is 12.6 Å². The molecule has 0 bridgehead atoms. The Morgan fingerprint density at radius 1 is 1.07 bits per heavy atom. The fraction of sp³-hybridized carbons (Fsp3) is 1.00. The van der Waals surface area contributed by atoms with Gasteiger partial charge in [-0.3, -0.25) is 0 Å². The van der Waals surface area contributed by atoms with Crippen LogP contribution in [0.15, 0.2) is 0 Å². The monoisotopic (exact) mass is 211 g/mol. The molecule has 1 rings (SSSR count). The maximum atomic E-state index is 3.72. The van der Waals surface area contributed by atoms with Crippen molar-refractivity contribution in [2.75, 3.05) is 6.54 Å². The molecule has 0 aromatic carbocycles. The van der Waals surface area contributed by atoms with Crippen LogP contribution in [0.3, 0.4) is 0 Å². The van der Waals surface area contributed by atoms with Gasteiger partial charge in [0.05, 0.1) is 0 Å². The van der Waals surface area contributed by atoms with Crippen LogP contribution in [0.1, 0.15) is 66.2 Å². The van der Waals surface area contributed by atoms with Gasteiger partial charge < -0.3 is 5.32 Å². The summed E-state index contributed by atoms with van der Waals surface area (Å²) in [5.41, 5.74) is 0.416. The second-order valence-electron chi connectivity index (χ2n) is 6.48. The summed E-state index contributed by atoms with van der Waals surface area (Å²) in [5, 5.41) is 3.72. The molecule has 1 aliphatic carbocycles. The lowest BCUT2D eigenvalue weighted by atomic mass is 9.91. The van der Waals surface area contributed by atoms with Crippen molar-refractivity contribution in [3.8, 4) is 0 Å². The number of rotatable bonds is 3. The molecule has 0 aromatic rings. The Morgan fingerprint density at radius 2 is 1.60 bits per heavy atom. The van der Waals surface area contributed by atoms with Gasteiger partial charge in [0.25, 0.3) is 0 Å². The topological polar surface area (TPSA) is 12.0 Å². The van der Waals surface area contributed by atoms with E-state index in [4.69, 9.17) is 0 Å². The number of hydrogen-bond acceptors (Lipinski definition) is 1. The van der Waals surface area contributed by atoms with Gasteiger partial charge in [-0.15, -0.1) is 0 Å². The molecular weight excluding hydrogens is 182 g/mol. The molecule has 1 aliphatic rings.